The van der Waals surface area contributed by atoms with Crippen LogP contribution < -0.4 is 5.32 Å². The Morgan fingerprint density at radius 2 is 1.86 bits per heavy atom. The van der Waals surface area contributed by atoms with Crippen LogP contribution in [0.2, 0.25) is 0 Å². The van der Waals surface area contributed by atoms with Crippen molar-refractivity contribution in [1.82, 2.24) is 9.78 Å². The lowest BCUT2D eigenvalue weighted by Gasteiger charge is -2.09. The van der Waals surface area contributed by atoms with Gasteiger partial charge in [0.05, 0.1) is 22.0 Å². The predicted molar refractivity (Wildman–Crippen MR) is 84.9 cm³/mol. The van der Waals surface area contributed by atoms with Gasteiger partial charge in [-0.15, -0.1) is 0 Å². The van der Waals surface area contributed by atoms with Crippen molar-refractivity contribution in [3.05, 3.63) is 40.7 Å². The van der Waals surface area contributed by atoms with Gasteiger partial charge in [-0.3, -0.25) is 9.48 Å². The van der Waals surface area contributed by atoms with Gasteiger partial charge in [-0.05, 0) is 38.5 Å². The SMILES string of the molecule is Cc1ccc(C(=O)Nc2c(C)nn(C)c2C)cc1S(C)(=O)=O. The number of nitrogens with one attached hydrogen (secondary N) is 1. The molecule has 118 valence electrons. The Hall–Kier alpha value is -2.15. The standard InChI is InChI=1S/C15H19N3O3S/c1-9-6-7-12(8-13(9)22(5,20)21)15(19)16-14-10(2)17-18(4)11(14)3/h6-8H,1-5H3,(H,16,19). The summed E-state index contributed by atoms with van der Waals surface area (Å²) in [5.74, 6) is -0.357. The van der Waals surface area contributed by atoms with E-state index in [1.807, 2.05) is 6.92 Å². The van der Waals surface area contributed by atoms with E-state index in [0.717, 1.165) is 11.9 Å². The molecule has 6 nitrogen and oxygen atoms in total. The van der Waals surface area contributed by atoms with E-state index in [1.54, 1.807) is 37.7 Å². The Morgan fingerprint density at radius 3 is 2.36 bits per heavy atom. The van der Waals surface area contributed by atoms with Crippen molar-refractivity contribution in [2.75, 3.05) is 11.6 Å². The molecule has 1 heterocycles. The predicted octanol–water partition coefficient (Wildman–Crippen LogP) is 2.00. The van der Waals surface area contributed by atoms with Crippen LogP contribution >= 0.6 is 0 Å². The van der Waals surface area contributed by atoms with Gasteiger partial charge in [0.2, 0.25) is 0 Å². The number of rotatable bonds is 3. The zero-order chi connectivity index (χ0) is 16.7. The van der Waals surface area contributed by atoms with Crippen LogP contribution in [0.15, 0.2) is 23.1 Å². The van der Waals surface area contributed by atoms with Crippen LogP contribution in [-0.4, -0.2) is 30.4 Å². The number of benzene rings is 1. The summed E-state index contributed by atoms with van der Waals surface area (Å²) in [7, 11) is -1.57. The average molecular weight is 321 g/mol. The van der Waals surface area contributed by atoms with Gasteiger partial charge in [-0.1, -0.05) is 6.07 Å². The molecule has 1 aromatic carbocycles. The lowest BCUT2D eigenvalue weighted by atomic mass is 10.1. The van der Waals surface area contributed by atoms with Crippen molar-refractivity contribution < 1.29 is 13.2 Å². The van der Waals surface area contributed by atoms with E-state index >= 15 is 0 Å². The second kappa shape index (κ2) is 5.57. The number of aromatic nitrogens is 2. The van der Waals surface area contributed by atoms with E-state index in [4.69, 9.17) is 0 Å². The topological polar surface area (TPSA) is 81.1 Å². The number of nitrogens with zero attached hydrogens (tertiary/aromatic N) is 2. The third-order valence-electron chi connectivity index (χ3n) is 3.60. The molecule has 1 amide bonds. The van der Waals surface area contributed by atoms with Gasteiger partial charge in [0, 0.05) is 18.9 Å². The second-order valence-corrected chi connectivity index (χ2v) is 7.36. The highest BCUT2D eigenvalue weighted by Gasteiger charge is 2.17. The normalized spacial score (nSPS) is 11.5. The summed E-state index contributed by atoms with van der Waals surface area (Å²) >= 11 is 0. The quantitative estimate of drug-likeness (QED) is 0.937. The van der Waals surface area contributed by atoms with Gasteiger partial charge in [0.15, 0.2) is 9.84 Å². The van der Waals surface area contributed by atoms with Crippen LogP contribution in [0.3, 0.4) is 0 Å². The lowest BCUT2D eigenvalue weighted by molar-refractivity contribution is 0.102. The van der Waals surface area contributed by atoms with Crippen molar-refractivity contribution in [2.24, 2.45) is 7.05 Å². The minimum Gasteiger partial charge on any atom is -0.319 e. The molecular formula is C15H19N3O3S. The third-order valence-corrected chi connectivity index (χ3v) is 4.84. The Morgan fingerprint density at radius 1 is 1.23 bits per heavy atom. The summed E-state index contributed by atoms with van der Waals surface area (Å²) in [6.45, 7) is 5.36. The summed E-state index contributed by atoms with van der Waals surface area (Å²) in [6.07, 6.45) is 1.13. The van der Waals surface area contributed by atoms with Crippen molar-refractivity contribution in [3.8, 4) is 0 Å². The lowest BCUT2D eigenvalue weighted by Crippen LogP contribution is -2.14. The zero-order valence-corrected chi connectivity index (χ0v) is 14.1. The summed E-state index contributed by atoms with van der Waals surface area (Å²) in [4.78, 5) is 12.5. The fraction of sp³-hybridized carbons (Fsp3) is 0.333. The molecule has 0 bridgehead atoms. The molecule has 0 radical (unpaired) electrons. The van der Waals surface area contributed by atoms with Crippen LogP contribution in [-0.2, 0) is 16.9 Å². The first-order valence-corrected chi connectivity index (χ1v) is 8.62. The molecule has 22 heavy (non-hydrogen) atoms. The van der Waals surface area contributed by atoms with E-state index in [1.165, 1.54) is 6.07 Å². The Bertz CT molecular complexity index is 851. The van der Waals surface area contributed by atoms with E-state index in [0.29, 0.717) is 22.5 Å². The molecule has 0 unspecified atom stereocenters. The number of hydrogen-bond acceptors (Lipinski definition) is 4. The molecule has 0 aliphatic carbocycles. The summed E-state index contributed by atoms with van der Waals surface area (Å²) < 4.78 is 25.2. The van der Waals surface area contributed by atoms with E-state index < -0.39 is 9.84 Å². The van der Waals surface area contributed by atoms with Crippen molar-refractivity contribution in [1.29, 1.82) is 0 Å². The number of aryl methyl sites for hydroxylation is 3. The van der Waals surface area contributed by atoms with Gasteiger partial charge in [0.25, 0.3) is 5.91 Å². The fourth-order valence-electron chi connectivity index (χ4n) is 2.28. The summed E-state index contributed by atoms with van der Waals surface area (Å²) in [5.41, 5.74) is 3.11. The molecule has 2 rings (SSSR count). The maximum atomic E-state index is 12.4. The average Bonchev–Trinajstić information content (AvgIpc) is 2.64. The molecule has 0 atom stereocenters. The first-order chi connectivity index (χ1) is 10.1. The van der Waals surface area contributed by atoms with Crippen LogP contribution in [0.5, 0.6) is 0 Å². The maximum Gasteiger partial charge on any atom is 0.255 e. The van der Waals surface area contributed by atoms with Gasteiger partial charge in [-0.2, -0.15) is 5.10 Å². The minimum atomic E-state index is -3.37. The van der Waals surface area contributed by atoms with E-state index in [2.05, 4.69) is 10.4 Å². The monoisotopic (exact) mass is 321 g/mol. The summed E-state index contributed by atoms with van der Waals surface area (Å²) in [5, 5.41) is 7.03. The van der Waals surface area contributed by atoms with E-state index in [-0.39, 0.29) is 10.8 Å². The maximum absolute atomic E-state index is 12.4. The number of sulfone groups is 1. The second-order valence-electron chi connectivity index (χ2n) is 5.38. The first-order valence-electron chi connectivity index (χ1n) is 6.73. The summed E-state index contributed by atoms with van der Waals surface area (Å²) in [6, 6.07) is 4.65. The smallest absolute Gasteiger partial charge is 0.255 e. The van der Waals surface area contributed by atoms with Crippen molar-refractivity contribution >= 4 is 21.4 Å². The first kappa shape index (κ1) is 16.2. The van der Waals surface area contributed by atoms with Crippen molar-refractivity contribution in [3.63, 3.8) is 0 Å². The Labute approximate surface area is 130 Å². The van der Waals surface area contributed by atoms with Gasteiger partial charge in [-0.25, -0.2) is 8.42 Å². The van der Waals surface area contributed by atoms with Crippen LogP contribution in [0, 0.1) is 20.8 Å². The third kappa shape index (κ3) is 3.04. The minimum absolute atomic E-state index is 0.166. The van der Waals surface area contributed by atoms with Crippen LogP contribution in [0.1, 0.15) is 27.3 Å². The molecule has 0 fully saturated rings. The van der Waals surface area contributed by atoms with Crippen LogP contribution in [0.25, 0.3) is 0 Å². The Kier molecular flexibility index (Phi) is 4.10. The van der Waals surface area contributed by atoms with E-state index in [9.17, 15) is 13.2 Å². The van der Waals surface area contributed by atoms with Gasteiger partial charge >= 0.3 is 0 Å². The molecule has 1 aromatic heterocycles. The van der Waals surface area contributed by atoms with Gasteiger partial charge in [0.1, 0.15) is 0 Å². The zero-order valence-electron chi connectivity index (χ0n) is 13.3. The fourth-order valence-corrected chi connectivity index (χ4v) is 3.27. The largest absolute Gasteiger partial charge is 0.319 e. The number of carbonyl (C=O) groups excluding carboxylic acids is 1. The molecule has 7 heteroatoms. The molecule has 0 aliphatic rings. The molecular weight excluding hydrogens is 302 g/mol. The number of carbonyl (C=O) groups is 1. The highest BCUT2D eigenvalue weighted by atomic mass is 32.2. The molecule has 0 saturated carbocycles. The van der Waals surface area contributed by atoms with Crippen LogP contribution in [0.4, 0.5) is 5.69 Å². The molecule has 0 aliphatic heterocycles. The highest BCUT2D eigenvalue weighted by Crippen LogP contribution is 2.21. The highest BCUT2D eigenvalue weighted by molar-refractivity contribution is 7.90. The van der Waals surface area contributed by atoms with Gasteiger partial charge < -0.3 is 5.32 Å². The number of amides is 1. The Balaban J connectivity index is 2.39. The number of hydrogen-bond donors (Lipinski definition) is 1. The molecule has 0 saturated heterocycles. The molecule has 1 N–H and O–H groups in total. The number of anilines is 1. The molecule has 0 spiro atoms. The molecule has 2 aromatic rings. The van der Waals surface area contributed by atoms with Crippen molar-refractivity contribution in [2.45, 2.75) is 25.7 Å².